The maximum Gasteiger partial charge on any atom is 0.210 e. The molecule has 86 valence electrons. The Hall–Kier alpha value is 0.127. The van der Waals surface area contributed by atoms with E-state index in [-0.39, 0.29) is 0 Å². The third-order valence-electron chi connectivity index (χ3n) is 2.14. The van der Waals surface area contributed by atoms with Crippen LogP contribution in [0.25, 0.3) is 0 Å². The van der Waals surface area contributed by atoms with Crippen LogP contribution >= 0.6 is 22.6 Å². The van der Waals surface area contributed by atoms with Crippen LogP contribution in [-0.4, -0.2) is 14.4 Å². The van der Waals surface area contributed by atoms with Crippen LogP contribution < -0.4 is 0 Å². The molecule has 0 heterocycles. The van der Waals surface area contributed by atoms with Crippen molar-refractivity contribution in [1.82, 2.24) is 0 Å². The van der Waals surface area contributed by atoms with E-state index in [1.54, 1.807) is 0 Å². The highest BCUT2D eigenvalue weighted by Crippen LogP contribution is 2.16. The molecular weight excluding hydrogens is 315 g/mol. The van der Waals surface area contributed by atoms with E-state index in [0.717, 1.165) is 19.3 Å². The van der Waals surface area contributed by atoms with Crippen LogP contribution in [0.5, 0.6) is 0 Å². The van der Waals surface area contributed by atoms with Crippen molar-refractivity contribution >= 4 is 30.9 Å². The van der Waals surface area contributed by atoms with Gasteiger partial charge in [0.25, 0.3) is 0 Å². The molecule has 0 aromatic rings. The molecule has 0 amide bonds. The van der Waals surface area contributed by atoms with Gasteiger partial charge in [0.15, 0.2) is 0 Å². The van der Waals surface area contributed by atoms with Gasteiger partial charge in [0.1, 0.15) is 0 Å². The Balaban J connectivity index is 4.13. The SMILES string of the molecule is C=CCC(CC/C=C\I)O[Si](C)(C)C=C. The lowest BCUT2D eigenvalue weighted by Gasteiger charge is -2.25. The van der Waals surface area contributed by atoms with Gasteiger partial charge in [-0.25, -0.2) is 0 Å². The minimum absolute atomic E-state index is 0.301. The molecule has 1 atom stereocenters. The first-order valence-corrected chi connectivity index (χ1v) is 9.46. The second-order valence-corrected chi connectivity index (χ2v) is 8.58. The van der Waals surface area contributed by atoms with Crippen LogP contribution in [0.4, 0.5) is 0 Å². The number of halogens is 1. The Morgan fingerprint density at radius 2 is 2.07 bits per heavy atom. The summed E-state index contributed by atoms with van der Waals surface area (Å²) in [6.45, 7) is 12.0. The zero-order valence-corrected chi connectivity index (χ0v) is 12.9. The van der Waals surface area contributed by atoms with Crippen molar-refractivity contribution < 1.29 is 4.43 Å². The van der Waals surface area contributed by atoms with E-state index in [4.69, 9.17) is 4.43 Å². The van der Waals surface area contributed by atoms with Crippen LogP contribution in [-0.2, 0) is 4.43 Å². The van der Waals surface area contributed by atoms with Crippen LogP contribution in [0.3, 0.4) is 0 Å². The van der Waals surface area contributed by atoms with Gasteiger partial charge in [-0.15, -0.1) is 13.2 Å². The van der Waals surface area contributed by atoms with Gasteiger partial charge in [0, 0.05) is 6.10 Å². The summed E-state index contributed by atoms with van der Waals surface area (Å²) in [4.78, 5) is 0. The monoisotopic (exact) mass is 336 g/mol. The topological polar surface area (TPSA) is 9.23 Å². The molecule has 3 heteroatoms. The van der Waals surface area contributed by atoms with E-state index in [2.05, 4.69) is 59.0 Å². The summed E-state index contributed by atoms with van der Waals surface area (Å²) in [7, 11) is -1.65. The Bertz CT molecular complexity index is 224. The molecule has 15 heavy (non-hydrogen) atoms. The maximum atomic E-state index is 6.09. The molecule has 0 saturated carbocycles. The van der Waals surface area contributed by atoms with Gasteiger partial charge >= 0.3 is 0 Å². The fraction of sp³-hybridized carbons (Fsp3) is 0.500. The van der Waals surface area contributed by atoms with Crippen molar-refractivity contribution in [2.45, 2.75) is 38.5 Å². The highest BCUT2D eigenvalue weighted by molar-refractivity contribution is 14.1. The molecular formula is C12H21IOSi. The second kappa shape index (κ2) is 8.30. The van der Waals surface area contributed by atoms with E-state index in [1.807, 2.05) is 11.8 Å². The number of rotatable bonds is 8. The number of hydrogen-bond donors (Lipinski definition) is 0. The summed E-state index contributed by atoms with van der Waals surface area (Å²) >= 11 is 2.24. The summed E-state index contributed by atoms with van der Waals surface area (Å²) < 4.78 is 8.14. The molecule has 0 aliphatic rings. The lowest BCUT2D eigenvalue weighted by Crippen LogP contribution is -2.33. The van der Waals surface area contributed by atoms with Crippen LogP contribution in [0, 0.1) is 0 Å². The molecule has 1 nitrogen and oxygen atoms in total. The van der Waals surface area contributed by atoms with Gasteiger partial charge in [-0.1, -0.05) is 40.4 Å². The fourth-order valence-electron chi connectivity index (χ4n) is 1.23. The van der Waals surface area contributed by atoms with E-state index in [9.17, 15) is 0 Å². The molecule has 0 spiro atoms. The zero-order chi connectivity index (χ0) is 11.7. The number of allylic oxidation sites excluding steroid dienone is 1. The van der Waals surface area contributed by atoms with Gasteiger partial charge < -0.3 is 4.43 Å². The normalized spacial score (nSPS) is 14.1. The Kier molecular flexibility index (Phi) is 8.37. The van der Waals surface area contributed by atoms with Crippen LogP contribution in [0.1, 0.15) is 19.3 Å². The summed E-state index contributed by atoms with van der Waals surface area (Å²) in [5, 5.41) is 0. The quantitative estimate of drug-likeness (QED) is 0.357. The van der Waals surface area contributed by atoms with Crippen molar-refractivity contribution in [2.24, 2.45) is 0 Å². The largest absolute Gasteiger partial charge is 0.410 e. The molecule has 0 N–H and O–H groups in total. The van der Waals surface area contributed by atoms with Gasteiger partial charge in [-0.3, -0.25) is 0 Å². The van der Waals surface area contributed by atoms with Crippen molar-refractivity contribution in [3.63, 3.8) is 0 Å². The van der Waals surface area contributed by atoms with E-state index >= 15 is 0 Å². The van der Waals surface area contributed by atoms with Crippen molar-refractivity contribution in [1.29, 1.82) is 0 Å². The molecule has 0 bridgehead atoms. The Morgan fingerprint density at radius 3 is 2.53 bits per heavy atom. The van der Waals surface area contributed by atoms with Gasteiger partial charge in [0.05, 0.1) is 0 Å². The molecule has 0 radical (unpaired) electrons. The highest BCUT2D eigenvalue weighted by atomic mass is 127. The molecule has 0 aliphatic heterocycles. The van der Waals surface area contributed by atoms with E-state index < -0.39 is 8.32 Å². The first-order valence-electron chi connectivity index (χ1n) is 5.23. The van der Waals surface area contributed by atoms with Gasteiger partial charge in [-0.05, 0) is 36.4 Å². The van der Waals surface area contributed by atoms with E-state index in [0.29, 0.717) is 6.10 Å². The van der Waals surface area contributed by atoms with Crippen molar-refractivity contribution in [3.8, 4) is 0 Å². The smallest absolute Gasteiger partial charge is 0.210 e. The lowest BCUT2D eigenvalue weighted by molar-refractivity contribution is 0.190. The third kappa shape index (κ3) is 7.99. The summed E-state index contributed by atoms with van der Waals surface area (Å²) in [6.07, 6.45) is 7.47. The maximum absolute atomic E-state index is 6.09. The lowest BCUT2D eigenvalue weighted by atomic mass is 10.1. The molecule has 0 aromatic carbocycles. The summed E-state index contributed by atoms with van der Waals surface area (Å²) in [5.41, 5.74) is 1.98. The minimum Gasteiger partial charge on any atom is -0.410 e. The summed E-state index contributed by atoms with van der Waals surface area (Å²) in [6, 6.07) is 0. The average molecular weight is 336 g/mol. The third-order valence-corrected chi connectivity index (χ3v) is 4.57. The van der Waals surface area contributed by atoms with Gasteiger partial charge in [0.2, 0.25) is 8.32 Å². The summed E-state index contributed by atoms with van der Waals surface area (Å²) in [5.74, 6) is 0. The predicted octanol–water partition coefficient (Wildman–Crippen LogP) is 4.61. The zero-order valence-electron chi connectivity index (χ0n) is 9.71. The molecule has 0 fully saturated rings. The molecule has 0 aliphatic carbocycles. The molecule has 0 rings (SSSR count). The first kappa shape index (κ1) is 15.1. The molecule has 0 saturated heterocycles. The van der Waals surface area contributed by atoms with Crippen molar-refractivity contribution in [2.75, 3.05) is 0 Å². The first-order chi connectivity index (χ1) is 7.05. The van der Waals surface area contributed by atoms with Crippen LogP contribution in [0.15, 0.2) is 35.1 Å². The second-order valence-electron chi connectivity index (χ2n) is 4.01. The highest BCUT2D eigenvalue weighted by Gasteiger charge is 2.21. The number of hydrogen-bond acceptors (Lipinski definition) is 1. The predicted molar refractivity (Wildman–Crippen MR) is 79.8 cm³/mol. The Morgan fingerprint density at radius 1 is 1.40 bits per heavy atom. The molecule has 1 unspecified atom stereocenters. The average Bonchev–Trinajstić information content (AvgIpc) is 2.18. The fourth-order valence-corrected chi connectivity index (χ4v) is 2.76. The van der Waals surface area contributed by atoms with Crippen molar-refractivity contribution in [3.05, 3.63) is 35.1 Å². The Labute approximate surface area is 109 Å². The molecule has 0 aromatic heterocycles. The van der Waals surface area contributed by atoms with Gasteiger partial charge in [-0.2, -0.15) is 0 Å². The van der Waals surface area contributed by atoms with Crippen LogP contribution in [0.2, 0.25) is 13.1 Å². The standard InChI is InChI=1S/C12H21IOSi/c1-5-9-12(10-7-8-11-13)14-15(3,4)6-2/h5-6,8,11-12H,1-2,7,9-10H2,3-4H3/b11-8-. The minimum atomic E-state index is -1.65. The van der Waals surface area contributed by atoms with E-state index in [1.165, 1.54) is 0 Å².